The van der Waals surface area contributed by atoms with Crippen LogP contribution in [0.5, 0.6) is 0 Å². The van der Waals surface area contributed by atoms with Crippen molar-refractivity contribution in [1.82, 2.24) is 10.2 Å². The Bertz CT molecular complexity index is 256. The zero-order chi connectivity index (χ0) is 12.0. The molecule has 0 radical (unpaired) electrons. The quantitative estimate of drug-likeness (QED) is 0.717. The lowest BCUT2D eigenvalue weighted by Gasteiger charge is -2.35. The fraction of sp³-hybridized carbons (Fsp3) is 0.818. The Morgan fingerprint density at radius 3 is 2.81 bits per heavy atom. The van der Waals surface area contributed by atoms with E-state index in [0.717, 1.165) is 25.8 Å². The van der Waals surface area contributed by atoms with Crippen molar-refractivity contribution >= 4 is 11.9 Å². The minimum absolute atomic E-state index is 0.0811. The Labute approximate surface area is 95.8 Å². The van der Waals surface area contributed by atoms with Crippen LogP contribution in [0.3, 0.4) is 0 Å². The number of aliphatic carboxylic acids is 1. The second-order valence-corrected chi connectivity index (χ2v) is 4.20. The lowest BCUT2D eigenvalue weighted by atomic mass is 9.98. The first-order valence-corrected chi connectivity index (χ1v) is 5.81. The monoisotopic (exact) mass is 228 g/mol. The molecule has 0 aromatic rings. The molecule has 1 rings (SSSR count). The van der Waals surface area contributed by atoms with Gasteiger partial charge in [-0.3, -0.25) is 9.59 Å². The zero-order valence-corrected chi connectivity index (χ0v) is 9.74. The van der Waals surface area contributed by atoms with Crippen molar-refractivity contribution in [2.45, 2.75) is 38.1 Å². The molecule has 0 spiro atoms. The second kappa shape index (κ2) is 6.48. The maximum absolute atomic E-state index is 11.8. The maximum atomic E-state index is 11.8. The van der Waals surface area contributed by atoms with Gasteiger partial charge in [-0.25, -0.2) is 0 Å². The number of likely N-dealkylation sites (N-methyl/N-ethyl adjacent to an activating group) is 1. The summed E-state index contributed by atoms with van der Waals surface area (Å²) in [5, 5.41) is 11.5. The molecular formula is C11H20N2O3. The van der Waals surface area contributed by atoms with Crippen molar-refractivity contribution in [3.63, 3.8) is 0 Å². The summed E-state index contributed by atoms with van der Waals surface area (Å²) in [6.45, 7) is 1.11. The number of likely N-dealkylation sites (tertiary alicyclic amines) is 1. The summed E-state index contributed by atoms with van der Waals surface area (Å²) in [7, 11) is 1.74. The standard InChI is InChI=1S/C11H20N2O3/c1-12-8-10(14)13-7-3-2-4-9(13)5-6-11(15)16/h9,12H,2-8H2,1H3,(H,15,16). The first kappa shape index (κ1) is 13.0. The molecule has 92 valence electrons. The summed E-state index contributed by atoms with van der Waals surface area (Å²) in [5.74, 6) is -0.704. The van der Waals surface area contributed by atoms with Gasteiger partial charge in [0.15, 0.2) is 0 Å². The van der Waals surface area contributed by atoms with E-state index in [2.05, 4.69) is 5.32 Å². The van der Waals surface area contributed by atoms with Crippen molar-refractivity contribution in [1.29, 1.82) is 0 Å². The summed E-state index contributed by atoms with van der Waals surface area (Å²) in [5.41, 5.74) is 0. The number of hydrogen-bond acceptors (Lipinski definition) is 3. The third-order valence-electron chi connectivity index (χ3n) is 2.97. The molecule has 1 aliphatic heterocycles. The van der Waals surface area contributed by atoms with Gasteiger partial charge in [0.05, 0.1) is 6.54 Å². The van der Waals surface area contributed by atoms with Crippen LogP contribution in [0, 0.1) is 0 Å². The average molecular weight is 228 g/mol. The van der Waals surface area contributed by atoms with Crippen LogP contribution < -0.4 is 5.32 Å². The molecule has 1 saturated heterocycles. The maximum Gasteiger partial charge on any atom is 0.303 e. The molecule has 1 aliphatic rings. The molecule has 0 aromatic carbocycles. The van der Waals surface area contributed by atoms with Gasteiger partial charge in [0.25, 0.3) is 0 Å². The van der Waals surface area contributed by atoms with E-state index in [1.165, 1.54) is 0 Å². The summed E-state index contributed by atoms with van der Waals surface area (Å²) in [6, 6.07) is 0.116. The third kappa shape index (κ3) is 3.81. The number of carbonyl (C=O) groups is 2. The van der Waals surface area contributed by atoms with E-state index in [1.807, 2.05) is 4.90 Å². The van der Waals surface area contributed by atoms with E-state index in [0.29, 0.717) is 13.0 Å². The SMILES string of the molecule is CNCC(=O)N1CCCCC1CCC(=O)O. The zero-order valence-electron chi connectivity index (χ0n) is 9.74. The Hall–Kier alpha value is -1.10. The van der Waals surface area contributed by atoms with E-state index >= 15 is 0 Å². The number of carboxylic acids is 1. The number of carbonyl (C=O) groups excluding carboxylic acids is 1. The van der Waals surface area contributed by atoms with E-state index in [-0.39, 0.29) is 18.4 Å². The van der Waals surface area contributed by atoms with Crippen LogP contribution in [0.1, 0.15) is 32.1 Å². The molecule has 1 amide bonds. The van der Waals surface area contributed by atoms with Gasteiger partial charge in [-0.1, -0.05) is 0 Å². The van der Waals surface area contributed by atoms with Gasteiger partial charge in [-0.15, -0.1) is 0 Å². The smallest absolute Gasteiger partial charge is 0.303 e. The van der Waals surface area contributed by atoms with Gasteiger partial charge in [0.2, 0.25) is 5.91 Å². The van der Waals surface area contributed by atoms with Crippen molar-refractivity contribution in [2.75, 3.05) is 20.1 Å². The van der Waals surface area contributed by atoms with Gasteiger partial charge in [0.1, 0.15) is 0 Å². The number of piperidine rings is 1. The highest BCUT2D eigenvalue weighted by molar-refractivity contribution is 5.78. The van der Waals surface area contributed by atoms with Crippen molar-refractivity contribution in [3.05, 3.63) is 0 Å². The van der Waals surface area contributed by atoms with Gasteiger partial charge < -0.3 is 15.3 Å². The molecule has 2 N–H and O–H groups in total. The summed E-state index contributed by atoms with van der Waals surface area (Å²) >= 11 is 0. The molecule has 1 heterocycles. The molecule has 0 bridgehead atoms. The second-order valence-electron chi connectivity index (χ2n) is 4.20. The molecule has 5 heteroatoms. The van der Waals surface area contributed by atoms with Crippen LogP contribution in [0.15, 0.2) is 0 Å². The first-order chi connectivity index (χ1) is 7.65. The Morgan fingerprint density at radius 1 is 1.44 bits per heavy atom. The molecule has 5 nitrogen and oxygen atoms in total. The fourth-order valence-corrected chi connectivity index (χ4v) is 2.17. The highest BCUT2D eigenvalue weighted by Crippen LogP contribution is 2.20. The van der Waals surface area contributed by atoms with E-state index in [9.17, 15) is 9.59 Å². The molecule has 0 aromatic heterocycles. The number of amides is 1. The van der Waals surface area contributed by atoms with Crippen LogP contribution in [0.4, 0.5) is 0 Å². The van der Waals surface area contributed by atoms with Gasteiger partial charge in [0, 0.05) is 19.0 Å². The van der Waals surface area contributed by atoms with Crippen molar-refractivity contribution in [3.8, 4) is 0 Å². The van der Waals surface area contributed by atoms with Gasteiger partial charge in [-0.2, -0.15) is 0 Å². The van der Waals surface area contributed by atoms with Crippen LogP contribution in [-0.4, -0.2) is 48.1 Å². The number of nitrogens with one attached hydrogen (secondary N) is 1. The average Bonchev–Trinajstić information content (AvgIpc) is 2.27. The minimum atomic E-state index is -0.786. The van der Waals surface area contributed by atoms with Crippen LogP contribution >= 0.6 is 0 Å². The molecular weight excluding hydrogens is 208 g/mol. The third-order valence-corrected chi connectivity index (χ3v) is 2.97. The summed E-state index contributed by atoms with van der Waals surface area (Å²) in [4.78, 5) is 24.1. The molecule has 1 atom stereocenters. The lowest BCUT2D eigenvalue weighted by Crippen LogP contribution is -2.47. The first-order valence-electron chi connectivity index (χ1n) is 5.81. The number of hydrogen-bond donors (Lipinski definition) is 2. The van der Waals surface area contributed by atoms with Gasteiger partial charge >= 0.3 is 5.97 Å². The van der Waals surface area contributed by atoms with Crippen molar-refractivity contribution in [2.24, 2.45) is 0 Å². The molecule has 16 heavy (non-hydrogen) atoms. The highest BCUT2D eigenvalue weighted by atomic mass is 16.4. The Kier molecular flexibility index (Phi) is 5.25. The predicted molar refractivity (Wildman–Crippen MR) is 60.1 cm³/mol. The van der Waals surface area contributed by atoms with E-state index in [1.54, 1.807) is 7.05 Å². The summed E-state index contributed by atoms with van der Waals surface area (Å²) < 4.78 is 0. The fourth-order valence-electron chi connectivity index (χ4n) is 2.17. The predicted octanol–water partition coefficient (Wildman–Crippen LogP) is 0.452. The molecule has 0 saturated carbocycles. The van der Waals surface area contributed by atoms with Crippen LogP contribution in [-0.2, 0) is 9.59 Å². The van der Waals surface area contributed by atoms with E-state index in [4.69, 9.17) is 5.11 Å². The van der Waals surface area contributed by atoms with Crippen LogP contribution in [0.25, 0.3) is 0 Å². The van der Waals surface area contributed by atoms with Gasteiger partial charge in [-0.05, 0) is 32.7 Å². The lowest BCUT2D eigenvalue weighted by molar-refractivity contribution is -0.139. The molecule has 0 aliphatic carbocycles. The number of nitrogens with zero attached hydrogens (tertiary/aromatic N) is 1. The number of carboxylic acid groups (broad SMARTS) is 1. The number of rotatable bonds is 5. The molecule has 1 unspecified atom stereocenters. The van der Waals surface area contributed by atoms with Crippen molar-refractivity contribution < 1.29 is 14.7 Å². The largest absolute Gasteiger partial charge is 0.481 e. The van der Waals surface area contributed by atoms with E-state index < -0.39 is 5.97 Å². The summed E-state index contributed by atoms with van der Waals surface area (Å²) in [6.07, 6.45) is 3.77. The minimum Gasteiger partial charge on any atom is -0.481 e. The Morgan fingerprint density at radius 2 is 2.19 bits per heavy atom. The highest BCUT2D eigenvalue weighted by Gasteiger charge is 2.26. The topological polar surface area (TPSA) is 69.6 Å². The van der Waals surface area contributed by atoms with Crippen LogP contribution in [0.2, 0.25) is 0 Å². The normalized spacial score (nSPS) is 20.8. The molecule has 1 fully saturated rings. The Balaban J connectivity index is 2.49.